The predicted molar refractivity (Wildman–Crippen MR) is 214 cm³/mol. The molecule has 8 nitrogen and oxygen atoms in total. The van der Waals surface area contributed by atoms with Gasteiger partial charge in [-0.1, -0.05) is 112 Å². The molecule has 3 aromatic rings. The maximum atomic E-state index is 14.2. The van der Waals surface area contributed by atoms with Crippen molar-refractivity contribution in [2.75, 3.05) is 19.8 Å². The minimum atomic E-state index is -2.94. The highest BCUT2D eigenvalue weighted by molar-refractivity contribution is 6.99. The number of nitrogens with zero attached hydrogens (tertiary/aromatic N) is 1. The highest BCUT2D eigenvalue weighted by atomic mass is 28.4. The van der Waals surface area contributed by atoms with Crippen molar-refractivity contribution in [3.05, 3.63) is 107 Å². The first kappa shape index (κ1) is 40.3. The zero-order chi connectivity index (χ0) is 39.3. The van der Waals surface area contributed by atoms with Gasteiger partial charge in [-0.2, -0.15) is 0 Å². The number of carbonyl (C=O) groups is 3. The second-order valence-corrected chi connectivity index (χ2v) is 20.5. The number of likely N-dealkylation sites (tertiary alicyclic amines) is 1. The summed E-state index contributed by atoms with van der Waals surface area (Å²) in [7, 11) is -2.94. The first-order valence-corrected chi connectivity index (χ1v) is 21.6. The molecule has 2 aliphatic heterocycles. The summed E-state index contributed by atoms with van der Waals surface area (Å²) in [4.78, 5) is 40.6. The van der Waals surface area contributed by atoms with Crippen molar-refractivity contribution < 1.29 is 38.1 Å². The number of rotatable bonds is 16. The van der Waals surface area contributed by atoms with Gasteiger partial charge in [0.15, 0.2) is 11.6 Å². The molecule has 4 atom stereocenters. The third-order valence-corrected chi connectivity index (χ3v) is 16.8. The van der Waals surface area contributed by atoms with Crippen molar-refractivity contribution in [1.29, 1.82) is 0 Å². The maximum Gasteiger partial charge on any atom is 0.303 e. The van der Waals surface area contributed by atoms with Gasteiger partial charge in [0.1, 0.15) is 0 Å². The normalized spacial score (nSPS) is 21.6. The van der Waals surface area contributed by atoms with Crippen LogP contribution in [0.3, 0.4) is 0 Å². The minimum Gasteiger partial charge on any atom is -0.505 e. The number of halogens is 1. The Morgan fingerprint density at radius 1 is 0.945 bits per heavy atom. The third-order valence-electron chi connectivity index (χ3n) is 11.8. The number of carboxylic acid groups (broad SMARTS) is 1. The van der Waals surface area contributed by atoms with Crippen LogP contribution in [0, 0.1) is 23.6 Å². The molecule has 0 bridgehead atoms. The molecule has 2 fully saturated rings. The summed E-state index contributed by atoms with van der Waals surface area (Å²) in [6, 6.07) is 25.3. The average molecular weight is 768 g/mol. The first-order chi connectivity index (χ1) is 26.4. The van der Waals surface area contributed by atoms with Crippen LogP contribution in [0.25, 0.3) is 6.08 Å². The summed E-state index contributed by atoms with van der Waals surface area (Å²) >= 11 is 0. The second kappa shape index (κ2) is 17.2. The Bertz CT molecular complexity index is 1880. The Labute approximate surface area is 325 Å². The van der Waals surface area contributed by atoms with E-state index in [0.29, 0.717) is 57.3 Å². The van der Waals surface area contributed by atoms with Crippen LogP contribution in [0.2, 0.25) is 5.04 Å². The Morgan fingerprint density at radius 3 is 2.22 bits per heavy atom. The van der Waals surface area contributed by atoms with Crippen LogP contribution in [0.4, 0.5) is 4.39 Å². The SMILES string of the molecule is CC/C(=C\c1ccc(O)c(F)c1)CC[C@H]1OC[C@H]2C1=C(CO[Si](c1ccccc1)(c1ccccc1)C(C)(C)C)C[C@H]1C(=O)N(CCCCCC(=O)O)C(=O)[C@H]12. The van der Waals surface area contributed by atoms with Gasteiger partial charge >= 0.3 is 5.97 Å². The second-order valence-electron chi connectivity index (χ2n) is 16.2. The monoisotopic (exact) mass is 767 g/mol. The van der Waals surface area contributed by atoms with Crippen LogP contribution in [0.1, 0.15) is 84.6 Å². The van der Waals surface area contributed by atoms with Crippen molar-refractivity contribution in [1.82, 2.24) is 4.90 Å². The van der Waals surface area contributed by atoms with E-state index in [2.05, 4.69) is 76.2 Å². The van der Waals surface area contributed by atoms with Crippen LogP contribution in [0.5, 0.6) is 5.75 Å². The molecule has 6 rings (SSSR count). The molecular weight excluding hydrogens is 714 g/mol. The summed E-state index contributed by atoms with van der Waals surface area (Å²) in [5, 5.41) is 20.8. The van der Waals surface area contributed by atoms with Gasteiger partial charge in [-0.15, -0.1) is 0 Å². The number of phenols is 1. The van der Waals surface area contributed by atoms with Gasteiger partial charge < -0.3 is 19.4 Å². The number of benzene rings is 3. The summed E-state index contributed by atoms with van der Waals surface area (Å²) in [5.41, 5.74) is 3.90. The van der Waals surface area contributed by atoms with E-state index in [9.17, 15) is 23.9 Å². The topological polar surface area (TPSA) is 113 Å². The lowest BCUT2D eigenvalue weighted by Crippen LogP contribution is -2.66. The van der Waals surface area contributed by atoms with Gasteiger partial charge in [-0.05, 0) is 82.8 Å². The van der Waals surface area contributed by atoms with Gasteiger partial charge in [0.05, 0.1) is 31.2 Å². The number of fused-ring (bicyclic) bond motifs is 3. The number of aromatic hydroxyl groups is 1. The molecule has 0 saturated carbocycles. The first-order valence-electron chi connectivity index (χ1n) is 19.7. The minimum absolute atomic E-state index is 0.0661. The molecule has 0 unspecified atom stereocenters. The lowest BCUT2D eigenvalue weighted by atomic mass is 9.69. The molecule has 55 heavy (non-hydrogen) atoms. The van der Waals surface area contributed by atoms with E-state index in [1.165, 1.54) is 17.0 Å². The van der Waals surface area contributed by atoms with Crippen molar-refractivity contribution in [2.45, 2.75) is 90.2 Å². The zero-order valence-electron chi connectivity index (χ0n) is 32.4. The summed E-state index contributed by atoms with van der Waals surface area (Å²) in [6.45, 7) is 9.71. The number of phenolic OH excluding ortho intramolecular Hbond substituents is 1. The molecule has 0 spiro atoms. The average Bonchev–Trinajstić information content (AvgIpc) is 3.69. The molecule has 2 amide bonds. The number of carboxylic acids is 1. The molecule has 292 valence electrons. The van der Waals surface area contributed by atoms with E-state index < -0.39 is 31.9 Å². The molecule has 2 heterocycles. The summed E-state index contributed by atoms with van der Waals surface area (Å²) < 4.78 is 28.2. The van der Waals surface area contributed by atoms with Gasteiger partial charge in [-0.25, -0.2) is 4.39 Å². The van der Waals surface area contributed by atoms with Crippen LogP contribution in [0.15, 0.2) is 95.6 Å². The Kier molecular flexibility index (Phi) is 12.6. The number of imide groups is 1. The number of ether oxygens (including phenoxy) is 1. The van der Waals surface area contributed by atoms with Crippen LogP contribution in [-0.2, 0) is 23.5 Å². The fourth-order valence-electron chi connectivity index (χ4n) is 9.09. The number of hydrogen-bond donors (Lipinski definition) is 2. The summed E-state index contributed by atoms with van der Waals surface area (Å²) in [6.07, 6.45) is 5.95. The Balaban J connectivity index is 1.34. The highest BCUT2D eigenvalue weighted by Gasteiger charge is 2.57. The predicted octanol–water partition coefficient (Wildman–Crippen LogP) is 7.64. The quantitative estimate of drug-likeness (QED) is 0.0667. The van der Waals surface area contributed by atoms with Crippen molar-refractivity contribution >= 4 is 42.6 Å². The molecule has 3 aromatic carbocycles. The van der Waals surface area contributed by atoms with E-state index in [0.717, 1.165) is 33.5 Å². The molecule has 2 saturated heterocycles. The molecule has 0 aromatic heterocycles. The molecule has 2 N–H and O–H groups in total. The van der Waals surface area contributed by atoms with Crippen molar-refractivity contribution in [3.8, 4) is 5.75 Å². The zero-order valence-corrected chi connectivity index (χ0v) is 33.4. The van der Waals surface area contributed by atoms with E-state index in [1.54, 1.807) is 6.07 Å². The fraction of sp³-hybridized carbons (Fsp3) is 0.444. The Hall–Kier alpha value is -4.38. The van der Waals surface area contributed by atoms with E-state index >= 15 is 0 Å². The number of unbranched alkanes of at least 4 members (excludes halogenated alkanes) is 2. The van der Waals surface area contributed by atoms with Crippen LogP contribution >= 0.6 is 0 Å². The highest BCUT2D eigenvalue weighted by Crippen LogP contribution is 2.50. The molecule has 10 heteroatoms. The van der Waals surface area contributed by atoms with Crippen LogP contribution < -0.4 is 10.4 Å². The van der Waals surface area contributed by atoms with E-state index in [4.69, 9.17) is 14.3 Å². The maximum absolute atomic E-state index is 14.2. The number of carbonyl (C=O) groups excluding carboxylic acids is 2. The molecule has 1 aliphatic carbocycles. The number of amides is 2. The number of allylic oxidation sites excluding steroid dienone is 1. The lowest BCUT2D eigenvalue weighted by molar-refractivity contribution is -0.141. The van der Waals surface area contributed by atoms with Crippen LogP contribution in [-0.4, -0.2) is 67.1 Å². The fourth-order valence-corrected chi connectivity index (χ4v) is 13.6. The van der Waals surface area contributed by atoms with Crippen molar-refractivity contribution in [2.24, 2.45) is 17.8 Å². The largest absolute Gasteiger partial charge is 0.505 e. The Morgan fingerprint density at radius 2 is 1.62 bits per heavy atom. The molecular formula is C45H54FNO7Si. The van der Waals surface area contributed by atoms with E-state index in [1.807, 2.05) is 18.2 Å². The van der Waals surface area contributed by atoms with Gasteiger partial charge in [0.2, 0.25) is 11.8 Å². The van der Waals surface area contributed by atoms with Gasteiger partial charge in [-0.3, -0.25) is 19.3 Å². The van der Waals surface area contributed by atoms with Crippen molar-refractivity contribution in [3.63, 3.8) is 0 Å². The van der Waals surface area contributed by atoms with E-state index in [-0.39, 0.29) is 47.6 Å². The molecule has 0 radical (unpaired) electrons. The molecule has 3 aliphatic rings. The standard InChI is InChI=1S/C45H54FNO7Si/c1-5-30(25-31-20-22-38(48)37(46)26-31)21-23-39-41-32(28-54-55(45(2,3)4,33-15-9-6-10-16-33)34-17-11-7-12-18-34)27-35-42(36(41)29-53-39)44(52)47(43(35)51)24-14-8-13-19-40(49)50/h6-7,9-12,15-18,20,22,25-26,35-36,39,42,48H,5,8,13-14,19,21,23-24,27-29H2,1-4H3,(H,49,50)/b30-25+/t35-,36+,39-,42-/m1/s1. The summed E-state index contributed by atoms with van der Waals surface area (Å²) in [5.74, 6) is -3.48. The number of hydrogen-bond acceptors (Lipinski definition) is 6. The van der Waals surface area contributed by atoms with Gasteiger partial charge in [0.25, 0.3) is 8.32 Å². The number of aliphatic carboxylic acids is 1. The smallest absolute Gasteiger partial charge is 0.303 e. The lowest BCUT2D eigenvalue weighted by Gasteiger charge is -2.44. The van der Waals surface area contributed by atoms with Gasteiger partial charge in [0, 0.05) is 18.9 Å². The third kappa shape index (κ3) is 8.42.